The van der Waals surface area contributed by atoms with Gasteiger partial charge in [0, 0.05) is 6.42 Å². The molecule has 0 aliphatic rings. The number of ether oxygens (including phenoxy) is 2. The monoisotopic (exact) mass is 375 g/mol. The Morgan fingerprint density at radius 3 is 1.65 bits per heavy atom. The molecule has 0 saturated heterocycles. The Balaban J connectivity index is 4.07. The zero-order valence-corrected chi connectivity index (χ0v) is 16.0. The Morgan fingerprint density at radius 1 is 0.808 bits per heavy atom. The van der Waals surface area contributed by atoms with Crippen LogP contribution in [0.25, 0.3) is 0 Å². The molecule has 26 heavy (non-hydrogen) atoms. The van der Waals surface area contributed by atoms with Crippen molar-refractivity contribution in [1.29, 1.82) is 0 Å². The molecule has 0 fully saturated rings. The molecule has 0 spiro atoms. The summed E-state index contributed by atoms with van der Waals surface area (Å²) in [4.78, 5) is 46.1. The molecular weight excluding hydrogens is 346 g/mol. The van der Waals surface area contributed by atoms with E-state index in [-0.39, 0.29) is 12.8 Å². The van der Waals surface area contributed by atoms with Crippen molar-refractivity contribution in [3.8, 4) is 0 Å². The number of nitrogens with one attached hydrogen (secondary N) is 4. The van der Waals surface area contributed by atoms with Crippen molar-refractivity contribution >= 4 is 24.0 Å². The lowest BCUT2D eigenvalue weighted by Crippen LogP contribution is -2.51. The maximum atomic E-state index is 11.7. The minimum absolute atomic E-state index is 0.0103. The summed E-state index contributed by atoms with van der Waals surface area (Å²) in [7, 11) is 0. The van der Waals surface area contributed by atoms with E-state index in [1.165, 1.54) is 0 Å². The van der Waals surface area contributed by atoms with Crippen molar-refractivity contribution in [2.24, 2.45) is 5.73 Å². The maximum absolute atomic E-state index is 11.7. The summed E-state index contributed by atoms with van der Waals surface area (Å²) in [6.45, 7) is 10.0. The molecule has 0 aliphatic heterocycles. The van der Waals surface area contributed by atoms with Gasteiger partial charge in [-0.3, -0.25) is 20.4 Å². The van der Waals surface area contributed by atoms with E-state index in [4.69, 9.17) is 15.2 Å². The van der Waals surface area contributed by atoms with Gasteiger partial charge in [-0.15, -0.1) is 0 Å². The Kier molecular flexibility index (Phi) is 8.84. The van der Waals surface area contributed by atoms with Crippen LogP contribution in [0.3, 0.4) is 0 Å². The Hall–Kier alpha value is -2.56. The van der Waals surface area contributed by atoms with E-state index in [0.29, 0.717) is 0 Å². The highest BCUT2D eigenvalue weighted by molar-refractivity contribution is 5.84. The summed E-state index contributed by atoms with van der Waals surface area (Å²) in [5.41, 5.74) is 12.6. The minimum atomic E-state index is -1.04. The third kappa shape index (κ3) is 12.8. The molecule has 0 aromatic heterocycles. The zero-order chi connectivity index (χ0) is 20.5. The SMILES string of the molecule is CC(C)(C)OC(=O)NNC(=O)CC[C@H](N)C(=O)NNC(=O)OC(C)(C)C. The van der Waals surface area contributed by atoms with E-state index in [2.05, 4.69) is 21.7 Å². The van der Waals surface area contributed by atoms with Crippen LogP contribution >= 0.6 is 0 Å². The Morgan fingerprint density at radius 2 is 1.23 bits per heavy atom. The van der Waals surface area contributed by atoms with Crippen LogP contribution in [0.5, 0.6) is 0 Å². The molecule has 0 bridgehead atoms. The van der Waals surface area contributed by atoms with Crippen molar-refractivity contribution in [2.75, 3.05) is 0 Å². The van der Waals surface area contributed by atoms with Crippen molar-refractivity contribution < 1.29 is 28.7 Å². The second-order valence-electron chi connectivity index (χ2n) is 7.44. The predicted octanol–water partition coefficient (Wildman–Crippen LogP) is 0.206. The molecule has 6 N–H and O–H groups in total. The van der Waals surface area contributed by atoms with E-state index in [1.54, 1.807) is 41.5 Å². The average Bonchev–Trinajstić information content (AvgIpc) is 2.44. The summed E-state index contributed by atoms with van der Waals surface area (Å²) in [5, 5.41) is 0. The van der Waals surface area contributed by atoms with Gasteiger partial charge in [0.15, 0.2) is 0 Å². The van der Waals surface area contributed by atoms with E-state index < -0.39 is 41.2 Å². The van der Waals surface area contributed by atoms with Crippen LogP contribution in [0, 0.1) is 0 Å². The van der Waals surface area contributed by atoms with Crippen LogP contribution in [0.2, 0.25) is 0 Å². The predicted molar refractivity (Wildman–Crippen MR) is 92.2 cm³/mol. The number of hydrazine groups is 2. The van der Waals surface area contributed by atoms with Crippen molar-refractivity contribution in [1.82, 2.24) is 21.7 Å². The number of carbonyl (C=O) groups excluding carboxylic acids is 4. The number of rotatable bonds is 4. The highest BCUT2D eigenvalue weighted by Gasteiger charge is 2.20. The average molecular weight is 375 g/mol. The Bertz CT molecular complexity index is 524. The first kappa shape index (κ1) is 23.4. The molecule has 0 heterocycles. The van der Waals surface area contributed by atoms with E-state index in [9.17, 15) is 19.2 Å². The lowest BCUT2D eigenvalue weighted by molar-refractivity contribution is -0.124. The van der Waals surface area contributed by atoms with E-state index >= 15 is 0 Å². The maximum Gasteiger partial charge on any atom is 0.426 e. The summed E-state index contributed by atoms with van der Waals surface area (Å²) < 4.78 is 9.87. The highest BCUT2D eigenvalue weighted by atomic mass is 16.6. The fraction of sp³-hybridized carbons (Fsp3) is 0.733. The lowest BCUT2D eigenvalue weighted by Gasteiger charge is -2.20. The van der Waals surface area contributed by atoms with Crippen LogP contribution in [-0.4, -0.2) is 41.2 Å². The van der Waals surface area contributed by atoms with Gasteiger partial charge in [-0.1, -0.05) is 0 Å². The summed E-state index contributed by atoms with van der Waals surface area (Å²) in [6, 6.07) is -1.04. The molecule has 150 valence electrons. The van der Waals surface area contributed by atoms with E-state index in [0.717, 1.165) is 0 Å². The molecule has 4 amide bonds. The van der Waals surface area contributed by atoms with Gasteiger partial charge in [0.2, 0.25) is 5.91 Å². The molecule has 0 aromatic rings. The van der Waals surface area contributed by atoms with Crippen LogP contribution < -0.4 is 27.4 Å². The van der Waals surface area contributed by atoms with Gasteiger partial charge in [-0.05, 0) is 48.0 Å². The van der Waals surface area contributed by atoms with Gasteiger partial charge < -0.3 is 15.2 Å². The molecular formula is C15H29N5O6. The molecule has 0 radical (unpaired) electrons. The summed E-state index contributed by atoms with van der Waals surface area (Å²) in [6.07, 6.45) is -1.78. The summed E-state index contributed by atoms with van der Waals surface area (Å²) >= 11 is 0. The highest BCUT2D eigenvalue weighted by Crippen LogP contribution is 2.06. The van der Waals surface area contributed by atoms with Crippen molar-refractivity contribution in [2.45, 2.75) is 71.6 Å². The van der Waals surface area contributed by atoms with Crippen molar-refractivity contribution in [3.63, 3.8) is 0 Å². The van der Waals surface area contributed by atoms with Gasteiger partial charge in [0.05, 0.1) is 6.04 Å². The third-order valence-corrected chi connectivity index (χ3v) is 2.41. The van der Waals surface area contributed by atoms with Crippen LogP contribution in [0.15, 0.2) is 0 Å². The minimum Gasteiger partial charge on any atom is -0.443 e. The number of hydrogen-bond donors (Lipinski definition) is 5. The summed E-state index contributed by atoms with van der Waals surface area (Å²) in [5.74, 6) is -1.25. The number of hydrogen-bond acceptors (Lipinski definition) is 7. The van der Waals surface area contributed by atoms with Gasteiger partial charge in [0.1, 0.15) is 11.2 Å². The second kappa shape index (κ2) is 9.80. The first-order valence-corrected chi connectivity index (χ1v) is 8.02. The molecule has 11 nitrogen and oxygen atoms in total. The van der Waals surface area contributed by atoms with Gasteiger partial charge in [-0.25, -0.2) is 20.4 Å². The first-order valence-electron chi connectivity index (χ1n) is 8.02. The quantitative estimate of drug-likeness (QED) is 0.439. The topological polar surface area (TPSA) is 161 Å². The molecule has 11 heteroatoms. The normalized spacial score (nSPS) is 12.4. The van der Waals surface area contributed by atoms with Crippen LogP contribution in [0.4, 0.5) is 9.59 Å². The number of amides is 4. The molecule has 0 rings (SSSR count). The zero-order valence-electron chi connectivity index (χ0n) is 16.0. The molecule has 0 aromatic carbocycles. The van der Waals surface area contributed by atoms with Gasteiger partial charge >= 0.3 is 12.2 Å². The van der Waals surface area contributed by atoms with Crippen LogP contribution in [-0.2, 0) is 19.1 Å². The lowest BCUT2D eigenvalue weighted by atomic mass is 10.1. The fourth-order valence-corrected chi connectivity index (χ4v) is 1.41. The molecule has 0 aliphatic carbocycles. The van der Waals surface area contributed by atoms with Crippen molar-refractivity contribution in [3.05, 3.63) is 0 Å². The number of nitrogens with two attached hydrogens (primary N) is 1. The largest absolute Gasteiger partial charge is 0.443 e. The van der Waals surface area contributed by atoms with Crippen LogP contribution in [0.1, 0.15) is 54.4 Å². The first-order chi connectivity index (χ1) is 11.7. The fourth-order valence-electron chi connectivity index (χ4n) is 1.41. The third-order valence-electron chi connectivity index (χ3n) is 2.41. The smallest absolute Gasteiger partial charge is 0.426 e. The Labute approximate surface area is 152 Å². The number of carbonyl (C=O) groups is 4. The molecule has 0 saturated carbocycles. The molecule has 0 unspecified atom stereocenters. The second-order valence-corrected chi connectivity index (χ2v) is 7.44. The standard InChI is InChI=1S/C15H29N5O6/c1-14(2,3)25-12(23)19-17-10(21)8-7-9(16)11(22)18-20-13(24)26-15(4,5)6/h9H,7-8,16H2,1-6H3,(H,17,21)(H,18,22)(H,19,23)(H,20,24)/t9-/m0/s1. The van der Waals surface area contributed by atoms with Gasteiger partial charge in [-0.2, -0.15) is 0 Å². The van der Waals surface area contributed by atoms with E-state index in [1.807, 2.05) is 0 Å². The van der Waals surface area contributed by atoms with Gasteiger partial charge in [0.25, 0.3) is 5.91 Å². The molecule has 1 atom stereocenters.